The Morgan fingerprint density at radius 1 is 0.786 bits per heavy atom. The largest absolute Gasteiger partial charge is 0.203 e. The quantitative estimate of drug-likeness (QED) is 0.584. The number of rotatable bonds is 0. The first-order valence-electron chi connectivity index (χ1n) is 3.85. The molecule has 0 atom stereocenters. The molecule has 71 valence electrons. The van der Waals surface area contributed by atoms with Gasteiger partial charge >= 0.3 is 0 Å². The minimum Gasteiger partial charge on any atom is -0.203 e. The molecule has 4 heteroatoms. The van der Waals surface area contributed by atoms with Crippen molar-refractivity contribution in [3.8, 4) is 0 Å². The molecule has 2 aromatic carbocycles. The summed E-state index contributed by atoms with van der Waals surface area (Å²) in [4.78, 5) is -0.278. The van der Waals surface area contributed by atoms with Crippen molar-refractivity contribution < 1.29 is 13.2 Å². The summed E-state index contributed by atoms with van der Waals surface area (Å²) in [7, 11) is 0. The molecule has 2 rings (SSSR count). The Hall–Kier alpha value is -1.29. The van der Waals surface area contributed by atoms with Crippen molar-refractivity contribution in [1.82, 2.24) is 0 Å². The maximum atomic E-state index is 13.2. The Bertz CT molecular complexity index is 462. The van der Waals surface area contributed by atoms with Gasteiger partial charge in [0.1, 0.15) is 0 Å². The Kier molecular flexibility index (Phi) is 2.07. The first-order chi connectivity index (χ1) is 6.63. The van der Waals surface area contributed by atoms with E-state index in [-0.39, 0.29) is 15.7 Å². The fourth-order valence-electron chi connectivity index (χ4n) is 1.31. The van der Waals surface area contributed by atoms with Gasteiger partial charge in [0.2, 0.25) is 0 Å². The lowest BCUT2D eigenvalue weighted by Gasteiger charge is -2.04. The molecule has 0 nitrogen and oxygen atoms in total. The van der Waals surface area contributed by atoms with Crippen LogP contribution in [0.1, 0.15) is 0 Å². The summed E-state index contributed by atoms with van der Waals surface area (Å²) >= 11 is 4.66. The lowest BCUT2D eigenvalue weighted by atomic mass is 10.1. The van der Waals surface area contributed by atoms with Crippen LogP contribution in [0.3, 0.4) is 0 Å². The molecule has 0 bridgehead atoms. The Labute approximate surface area is 83.8 Å². The van der Waals surface area contributed by atoms with Gasteiger partial charge in [-0.15, -0.1) is 0 Å². The maximum Gasteiger partial charge on any atom is 0.196 e. The van der Waals surface area contributed by atoms with Gasteiger partial charge in [0.25, 0.3) is 0 Å². The smallest absolute Gasteiger partial charge is 0.196 e. The van der Waals surface area contributed by atoms with Crippen LogP contribution in [0.5, 0.6) is 0 Å². The summed E-state index contributed by atoms with van der Waals surface area (Å²) in [6.45, 7) is 0. The molecule has 0 amide bonds. The molecule has 0 spiro atoms. The van der Waals surface area contributed by atoms with Crippen LogP contribution in [0.25, 0.3) is 10.8 Å². The molecule has 0 saturated carbocycles. The van der Waals surface area contributed by atoms with Crippen molar-refractivity contribution in [2.45, 2.75) is 4.90 Å². The SMILES string of the molecule is Fc1c(F)c([S])c2ccccc2c1F. The van der Waals surface area contributed by atoms with E-state index in [9.17, 15) is 13.2 Å². The van der Waals surface area contributed by atoms with E-state index < -0.39 is 17.5 Å². The summed E-state index contributed by atoms with van der Waals surface area (Å²) in [5.74, 6) is -3.99. The molecule has 0 aliphatic rings. The number of hydrogen-bond acceptors (Lipinski definition) is 0. The molecule has 0 fully saturated rings. The third kappa shape index (κ3) is 1.14. The second-order valence-corrected chi connectivity index (χ2v) is 3.22. The highest BCUT2D eigenvalue weighted by molar-refractivity contribution is 7.80. The van der Waals surface area contributed by atoms with E-state index in [0.717, 1.165) is 0 Å². The number of hydrogen-bond donors (Lipinski definition) is 0. The fraction of sp³-hybridized carbons (Fsp3) is 0. The van der Waals surface area contributed by atoms with Crippen molar-refractivity contribution in [2.75, 3.05) is 0 Å². The molecular formula is C10H4F3S. The number of fused-ring (bicyclic) bond motifs is 1. The first kappa shape index (κ1) is 9.27. The van der Waals surface area contributed by atoms with Crippen molar-refractivity contribution in [3.63, 3.8) is 0 Å². The lowest BCUT2D eigenvalue weighted by molar-refractivity contribution is 0.443. The Morgan fingerprint density at radius 3 is 2.00 bits per heavy atom. The predicted molar refractivity (Wildman–Crippen MR) is 49.7 cm³/mol. The summed E-state index contributed by atoms with van der Waals surface area (Å²) in [6.07, 6.45) is 0. The van der Waals surface area contributed by atoms with Crippen LogP contribution in [0.15, 0.2) is 29.2 Å². The van der Waals surface area contributed by atoms with Crippen LogP contribution in [0.2, 0.25) is 0 Å². The van der Waals surface area contributed by atoms with Gasteiger partial charge in [-0.2, -0.15) is 0 Å². The summed E-state index contributed by atoms with van der Waals surface area (Å²) in [5.41, 5.74) is 0. The molecule has 0 aliphatic heterocycles. The second-order valence-electron chi connectivity index (χ2n) is 2.82. The second kappa shape index (κ2) is 3.13. The van der Waals surface area contributed by atoms with Gasteiger partial charge in [-0.25, -0.2) is 13.2 Å². The molecule has 0 aromatic heterocycles. The van der Waals surface area contributed by atoms with Crippen molar-refractivity contribution in [1.29, 1.82) is 0 Å². The van der Waals surface area contributed by atoms with E-state index in [1.165, 1.54) is 18.2 Å². The highest BCUT2D eigenvalue weighted by atomic mass is 32.1. The van der Waals surface area contributed by atoms with Crippen LogP contribution in [-0.4, -0.2) is 0 Å². The van der Waals surface area contributed by atoms with Gasteiger partial charge in [-0.05, 0) is 0 Å². The minimum atomic E-state index is -1.51. The Balaban J connectivity index is 3.02. The minimum absolute atomic E-state index is 0.0106. The molecule has 0 N–H and O–H groups in total. The van der Waals surface area contributed by atoms with E-state index in [2.05, 4.69) is 12.6 Å². The van der Waals surface area contributed by atoms with Crippen molar-refractivity contribution >= 4 is 23.4 Å². The standard InChI is InChI=1S/C10H4F3S/c11-7-5-3-1-2-4-6(5)10(14)9(13)8(7)12/h1-4H. The molecule has 2 aromatic rings. The summed E-state index contributed by atoms with van der Waals surface area (Å²) < 4.78 is 39.1. The van der Waals surface area contributed by atoms with E-state index in [1.54, 1.807) is 6.07 Å². The molecule has 0 saturated heterocycles. The van der Waals surface area contributed by atoms with Crippen LogP contribution in [0, 0.1) is 17.5 Å². The average molecular weight is 213 g/mol. The zero-order chi connectivity index (χ0) is 10.3. The topological polar surface area (TPSA) is 0 Å². The molecular weight excluding hydrogens is 209 g/mol. The fourth-order valence-corrected chi connectivity index (χ4v) is 1.57. The van der Waals surface area contributed by atoms with Crippen LogP contribution >= 0.6 is 12.6 Å². The van der Waals surface area contributed by atoms with E-state index in [0.29, 0.717) is 0 Å². The normalized spacial score (nSPS) is 10.8. The van der Waals surface area contributed by atoms with Gasteiger partial charge in [0, 0.05) is 10.8 Å². The number of halogens is 3. The van der Waals surface area contributed by atoms with Crippen molar-refractivity contribution in [3.05, 3.63) is 41.7 Å². The van der Waals surface area contributed by atoms with Gasteiger partial charge in [-0.3, -0.25) is 0 Å². The van der Waals surface area contributed by atoms with Gasteiger partial charge in [0.05, 0.1) is 4.90 Å². The zero-order valence-electron chi connectivity index (χ0n) is 6.85. The van der Waals surface area contributed by atoms with Gasteiger partial charge < -0.3 is 0 Å². The zero-order valence-corrected chi connectivity index (χ0v) is 7.67. The Morgan fingerprint density at radius 2 is 1.36 bits per heavy atom. The van der Waals surface area contributed by atoms with E-state index in [4.69, 9.17) is 0 Å². The lowest BCUT2D eigenvalue weighted by Crippen LogP contribution is -1.94. The van der Waals surface area contributed by atoms with Crippen LogP contribution in [0.4, 0.5) is 13.2 Å². The molecule has 14 heavy (non-hydrogen) atoms. The van der Waals surface area contributed by atoms with Crippen molar-refractivity contribution in [2.24, 2.45) is 0 Å². The highest BCUT2D eigenvalue weighted by Crippen LogP contribution is 2.29. The molecule has 0 unspecified atom stereocenters. The van der Waals surface area contributed by atoms with E-state index >= 15 is 0 Å². The monoisotopic (exact) mass is 213 g/mol. The van der Waals surface area contributed by atoms with Crippen LogP contribution in [-0.2, 0) is 0 Å². The third-order valence-electron chi connectivity index (χ3n) is 1.99. The molecule has 0 heterocycles. The first-order valence-corrected chi connectivity index (χ1v) is 4.26. The average Bonchev–Trinajstić information content (AvgIpc) is 2.23. The van der Waals surface area contributed by atoms with Gasteiger partial charge in [-0.1, -0.05) is 36.9 Å². The summed E-state index contributed by atoms with van der Waals surface area (Å²) in [5, 5.41) is 0.232. The van der Waals surface area contributed by atoms with E-state index in [1.807, 2.05) is 0 Å². The number of benzene rings is 2. The summed E-state index contributed by atoms with van der Waals surface area (Å²) in [6, 6.07) is 5.96. The third-order valence-corrected chi connectivity index (χ3v) is 2.39. The maximum absolute atomic E-state index is 13.2. The predicted octanol–water partition coefficient (Wildman–Crippen LogP) is 3.81. The van der Waals surface area contributed by atoms with Gasteiger partial charge in [0.15, 0.2) is 17.5 Å². The molecule has 0 aliphatic carbocycles. The molecule has 1 radical (unpaired) electrons. The van der Waals surface area contributed by atoms with Crippen LogP contribution < -0.4 is 0 Å². The highest BCUT2D eigenvalue weighted by Gasteiger charge is 2.17.